The molecule has 0 aromatic heterocycles. The van der Waals surface area contributed by atoms with Gasteiger partial charge in [-0.3, -0.25) is 9.59 Å². The van der Waals surface area contributed by atoms with Gasteiger partial charge in [0.05, 0.1) is 24.0 Å². The van der Waals surface area contributed by atoms with Gasteiger partial charge in [-0.1, -0.05) is 6.07 Å². The second-order valence-electron chi connectivity index (χ2n) is 5.59. The van der Waals surface area contributed by atoms with Crippen LogP contribution in [0.5, 0.6) is 0 Å². The highest BCUT2D eigenvalue weighted by Gasteiger charge is 2.27. The molecule has 1 aromatic rings. The van der Waals surface area contributed by atoms with E-state index in [1.807, 2.05) is 0 Å². The highest BCUT2D eigenvalue weighted by Crippen LogP contribution is 2.19. The molecule has 1 aliphatic heterocycles. The first kappa shape index (κ1) is 17.4. The minimum absolute atomic E-state index is 0.0850. The number of carboxylic acid groups (broad SMARTS) is 1. The average molecular weight is 341 g/mol. The molecule has 2 rings (SSSR count). The standard InChI is InChI=1S/C15H19NO6S/c1-10-3-4-12(23(2,20)21)8-13(10)15(19)16-5-6-22-11(9-16)7-14(17)18/h3-4,8,11H,5-7,9H2,1-2H3,(H,17,18)/t11-/m1/s1. The van der Waals surface area contributed by atoms with Gasteiger partial charge in [0.1, 0.15) is 0 Å². The number of hydrogen-bond acceptors (Lipinski definition) is 5. The molecule has 1 amide bonds. The van der Waals surface area contributed by atoms with Crippen molar-refractivity contribution in [2.75, 3.05) is 26.0 Å². The summed E-state index contributed by atoms with van der Waals surface area (Å²) in [7, 11) is -3.41. The molecular weight excluding hydrogens is 322 g/mol. The molecular formula is C15H19NO6S. The minimum atomic E-state index is -3.41. The van der Waals surface area contributed by atoms with Gasteiger partial charge in [0.2, 0.25) is 0 Å². The number of aliphatic carboxylic acids is 1. The zero-order valence-electron chi connectivity index (χ0n) is 13.0. The van der Waals surface area contributed by atoms with E-state index in [2.05, 4.69) is 0 Å². The molecule has 1 saturated heterocycles. The number of ether oxygens (including phenoxy) is 1. The summed E-state index contributed by atoms with van der Waals surface area (Å²) in [6, 6.07) is 4.43. The van der Waals surface area contributed by atoms with Gasteiger partial charge in [0.25, 0.3) is 5.91 Å². The van der Waals surface area contributed by atoms with Gasteiger partial charge in [-0.05, 0) is 24.6 Å². The average Bonchev–Trinajstić information content (AvgIpc) is 2.45. The molecule has 7 nitrogen and oxygen atoms in total. The van der Waals surface area contributed by atoms with E-state index in [0.29, 0.717) is 17.7 Å². The number of morpholine rings is 1. The number of rotatable bonds is 4. The van der Waals surface area contributed by atoms with E-state index in [-0.39, 0.29) is 30.4 Å². The Morgan fingerprint density at radius 1 is 1.39 bits per heavy atom. The van der Waals surface area contributed by atoms with Crippen LogP contribution >= 0.6 is 0 Å². The number of aryl methyl sites for hydroxylation is 1. The van der Waals surface area contributed by atoms with Crippen LogP contribution in [0.2, 0.25) is 0 Å². The van der Waals surface area contributed by atoms with Gasteiger partial charge >= 0.3 is 5.97 Å². The molecule has 1 atom stereocenters. The van der Waals surface area contributed by atoms with Crippen molar-refractivity contribution >= 4 is 21.7 Å². The minimum Gasteiger partial charge on any atom is -0.481 e. The molecule has 0 spiro atoms. The fourth-order valence-corrected chi connectivity index (χ4v) is 3.10. The quantitative estimate of drug-likeness (QED) is 0.866. The van der Waals surface area contributed by atoms with Crippen molar-refractivity contribution in [1.82, 2.24) is 4.90 Å². The van der Waals surface area contributed by atoms with Crippen molar-refractivity contribution in [2.24, 2.45) is 0 Å². The van der Waals surface area contributed by atoms with Gasteiger partial charge < -0.3 is 14.7 Å². The summed E-state index contributed by atoms with van der Waals surface area (Å²) in [5.74, 6) is -1.30. The molecule has 23 heavy (non-hydrogen) atoms. The molecule has 0 unspecified atom stereocenters. The number of carboxylic acids is 1. The molecule has 0 radical (unpaired) electrons. The Morgan fingerprint density at radius 3 is 2.70 bits per heavy atom. The summed E-state index contributed by atoms with van der Waals surface area (Å²) in [4.78, 5) is 25.0. The SMILES string of the molecule is Cc1ccc(S(C)(=O)=O)cc1C(=O)N1CCO[C@H](CC(=O)O)C1. The summed E-state index contributed by atoms with van der Waals surface area (Å²) < 4.78 is 28.7. The second kappa shape index (κ2) is 6.67. The summed E-state index contributed by atoms with van der Waals surface area (Å²) in [6.07, 6.45) is 0.360. The predicted molar refractivity (Wildman–Crippen MR) is 82.2 cm³/mol. The van der Waals surface area contributed by atoms with Crippen LogP contribution in [0.25, 0.3) is 0 Å². The van der Waals surface area contributed by atoms with E-state index < -0.39 is 21.9 Å². The van der Waals surface area contributed by atoms with Crippen LogP contribution in [0.15, 0.2) is 23.1 Å². The van der Waals surface area contributed by atoms with Gasteiger partial charge in [0.15, 0.2) is 9.84 Å². The van der Waals surface area contributed by atoms with Crippen molar-refractivity contribution in [3.05, 3.63) is 29.3 Å². The summed E-state index contributed by atoms with van der Waals surface area (Å²) in [5.41, 5.74) is 0.979. The van der Waals surface area contributed by atoms with E-state index in [9.17, 15) is 18.0 Å². The summed E-state index contributed by atoms with van der Waals surface area (Å²) in [5, 5.41) is 8.83. The Balaban J connectivity index is 2.24. The van der Waals surface area contributed by atoms with E-state index in [1.54, 1.807) is 13.0 Å². The Bertz CT molecular complexity index is 727. The number of carbonyl (C=O) groups excluding carboxylic acids is 1. The van der Waals surface area contributed by atoms with E-state index in [4.69, 9.17) is 9.84 Å². The van der Waals surface area contributed by atoms with Crippen LogP contribution in [0.3, 0.4) is 0 Å². The number of amides is 1. The molecule has 1 aliphatic rings. The third-order valence-electron chi connectivity index (χ3n) is 3.70. The number of nitrogens with zero attached hydrogens (tertiary/aromatic N) is 1. The van der Waals surface area contributed by atoms with E-state index >= 15 is 0 Å². The normalized spacial score (nSPS) is 18.7. The maximum absolute atomic E-state index is 12.7. The largest absolute Gasteiger partial charge is 0.481 e. The van der Waals surface area contributed by atoms with Gasteiger partial charge in [-0.2, -0.15) is 0 Å². The molecule has 1 fully saturated rings. The lowest BCUT2D eigenvalue weighted by atomic mass is 10.1. The summed E-state index contributed by atoms with van der Waals surface area (Å²) >= 11 is 0. The second-order valence-corrected chi connectivity index (χ2v) is 7.61. The van der Waals surface area contributed by atoms with Crippen LogP contribution in [0.1, 0.15) is 22.3 Å². The Kier molecular flexibility index (Phi) is 5.06. The smallest absolute Gasteiger partial charge is 0.306 e. The first-order chi connectivity index (χ1) is 10.7. The monoisotopic (exact) mass is 341 g/mol. The zero-order valence-corrected chi connectivity index (χ0v) is 13.8. The molecule has 126 valence electrons. The number of sulfone groups is 1. The number of hydrogen-bond donors (Lipinski definition) is 1. The number of carbonyl (C=O) groups is 2. The van der Waals surface area contributed by atoms with Crippen molar-refractivity contribution in [1.29, 1.82) is 0 Å². The van der Waals surface area contributed by atoms with Crippen molar-refractivity contribution in [2.45, 2.75) is 24.3 Å². The highest BCUT2D eigenvalue weighted by molar-refractivity contribution is 7.90. The third kappa shape index (κ3) is 4.29. The molecule has 1 N–H and O–H groups in total. The fraction of sp³-hybridized carbons (Fsp3) is 0.467. The Hall–Kier alpha value is -1.93. The van der Waals surface area contributed by atoms with Crippen LogP contribution < -0.4 is 0 Å². The van der Waals surface area contributed by atoms with Crippen molar-refractivity contribution in [3.63, 3.8) is 0 Å². The van der Waals surface area contributed by atoms with Crippen LogP contribution in [0, 0.1) is 6.92 Å². The fourth-order valence-electron chi connectivity index (χ4n) is 2.45. The first-order valence-electron chi connectivity index (χ1n) is 7.12. The van der Waals surface area contributed by atoms with E-state index in [0.717, 1.165) is 6.26 Å². The molecule has 0 bridgehead atoms. The van der Waals surface area contributed by atoms with Crippen LogP contribution in [-0.2, 0) is 19.4 Å². The first-order valence-corrected chi connectivity index (χ1v) is 9.01. The topological polar surface area (TPSA) is 101 Å². The van der Waals surface area contributed by atoms with Crippen molar-refractivity contribution in [3.8, 4) is 0 Å². The number of benzene rings is 1. The lowest BCUT2D eigenvalue weighted by Crippen LogP contribution is -2.46. The van der Waals surface area contributed by atoms with Gasteiger partial charge in [0, 0.05) is 24.9 Å². The Labute approximate surface area is 134 Å². The van der Waals surface area contributed by atoms with Crippen molar-refractivity contribution < 1.29 is 27.9 Å². The predicted octanol–water partition coefficient (Wildman–Crippen LogP) is 0.714. The lowest BCUT2D eigenvalue weighted by molar-refractivity contribution is -0.141. The molecule has 0 aliphatic carbocycles. The zero-order chi connectivity index (χ0) is 17.2. The van der Waals surface area contributed by atoms with Crippen LogP contribution in [0.4, 0.5) is 0 Å². The molecule has 8 heteroatoms. The van der Waals surface area contributed by atoms with Gasteiger partial charge in [-0.25, -0.2) is 8.42 Å². The molecule has 1 heterocycles. The summed E-state index contributed by atoms with van der Waals surface area (Å²) in [6.45, 7) is 2.51. The maximum atomic E-state index is 12.7. The van der Waals surface area contributed by atoms with E-state index in [1.165, 1.54) is 17.0 Å². The molecule has 1 aromatic carbocycles. The Morgan fingerprint density at radius 2 is 2.09 bits per heavy atom. The third-order valence-corrected chi connectivity index (χ3v) is 4.81. The van der Waals surface area contributed by atoms with Crippen LogP contribution in [-0.4, -0.2) is 62.4 Å². The maximum Gasteiger partial charge on any atom is 0.306 e. The highest BCUT2D eigenvalue weighted by atomic mass is 32.2. The van der Waals surface area contributed by atoms with Gasteiger partial charge in [-0.15, -0.1) is 0 Å². The molecule has 0 saturated carbocycles. The lowest BCUT2D eigenvalue weighted by Gasteiger charge is -2.32.